The molecule has 1 aliphatic heterocycles. The lowest BCUT2D eigenvalue weighted by molar-refractivity contribution is 0.0377. The van der Waals surface area contributed by atoms with Gasteiger partial charge in [-0.25, -0.2) is 4.79 Å². The van der Waals surface area contributed by atoms with E-state index in [9.17, 15) is 4.79 Å². The molecular formula is C21H38IN5O4. The largest absolute Gasteiger partial charge is 0.469 e. The number of morpholine rings is 1. The highest BCUT2D eigenvalue weighted by Crippen LogP contribution is 2.06. The van der Waals surface area contributed by atoms with Crippen molar-refractivity contribution >= 4 is 36.0 Å². The van der Waals surface area contributed by atoms with Gasteiger partial charge in [0, 0.05) is 52.2 Å². The maximum absolute atomic E-state index is 11.7. The van der Waals surface area contributed by atoms with E-state index in [0.29, 0.717) is 19.6 Å². The van der Waals surface area contributed by atoms with E-state index in [1.165, 1.54) is 0 Å². The molecule has 0 spiro atoms. The van der Waals surface area contributed by atoms with E-state index in [1.807, 2.05) is 32.9 Å². The van der Waals surface area contributed by atoms with Gasteiger partial charge in [-0.2, -0.15) is 0 Å². The predicted molar refractivity (Wildman–Crippen MR) is 132 cm³/mol. The summed E-state index contributed by atoms with van der Waals surface area (Å²) in [5, 5.41) is 9.33. The smallest absolute Gasteiger partial charge is 0.407 e. The Morgan fingerprint density at radius 1 is 1.16 bits per heavy atom. The molecular weight excluding hydrogens is 513 g/mol. The number of carbonyl (C=O) groups is 1. The Kier molecular flexibility index (Phi) is 13.6. The number of rotatable bonds is 10. The lowest BCUT2D eigenvalue weighted by atomic mass is 10.2. The van der Waals surface area contributed by atoms with Gasteiger partial charge in [-0.15, -0.1) is 24.0 Å². The molecule has 3 N–H and O–H groups in total. The second-order valence-electron chi connectivity index (χ2n) is 8.15. The molecule has 10 heteroatoms. The minimum absolute atomic E-state index is 0. The second-order valence-corrected chi connectivity index (χ2v) is 8.15. The van der Waals surface area contributed by atoms with Gasteiger partial charge in [0.05, 0.1) is 19.5 Å². The van der Waals surface area contributed by atoms with Crippen LogP contribution in [-0.4, -0.2) is 81.6 Å². The Hall–Kier alpha value is -1.53. The van der Waals surface area contributed by atoms with Gasteiger partial charge in [0.1, 0.15) is 11.4 Å². The molecule has 2 heterocycles. The number of alkyl carbamates (subject to hydrolysis) is 1. The standard InChI is InChI=1S/C21H37N5O4.HI/c1-21(2,3)30-20(27)25-11-10-24-19(23-9-7-18-6-4-15-29-18)22-8-5-12-26-13-16-28-17-14-26;/h4,6,15H,5,7-14,16-17H2,1-3H3,(H,25,27)(H2,22,23,24);1H. The van der Waals surface area contributed by atoms with Crippen LogP contribution in [0.15, 0.2) is 27.8 Å². The SMILES string of the molecule is CC(C)(C)OC(=O)NCCNC(=NCCCN1CCOCC1)NCCc1ccco1.I. The fourth-order valence-corrected chi connectivity index (χ4v) is 2.90. The van der Waals surface area contributed by atoms with E-state index in [1.54, 1.807) is 6.26 Å². The van der Waals surface area contributed by atoms with E-state index < -0.39 is 11.7 Å². The Labute approximate surface area is 202 Å². The minimum atomic E-state index is -0.502. The van der Waals surface area contributed by atoms with Crippen LogP contribution >= 0.6 is 24.0 Å². The maximum atomic E-state index is 11.7. The van der Waals surface area contributed by atoms with Crippen LogP contribution in [0.1, 0.15) is 33.0 Å². The number of halogens is 1. The summed E-state index contributed by atoms with van der Waals surface area (Å²) in [5.41, 5.74) is -0.502. The summed E-state index contributed by atoms with van der Waals surface area (Å²) in [7, 11) is 0. The number of guanidine groups is 1. The summed E-state index contributed by atoms with van der Waals surface area (Å²) in [6.07, 6.45) is 3.02. The van der Waals surface area contributed by atoms with Gasteiger partial charge in [-0.3, -0.25) is 9.89 Å². The molecule has 1 fully saturated rings. The number of nitrogens with one attached hydrogen (secondary N) is 3. The van der Waals surface area contributed by atoms with Crippen LogP contribution < -0.4 is 16.0 Å². The van der Waals surface area contributed by atoms with E-state index in [2.05, 4.69) is 25.8 Å². The molecule has 0 bridgehead atoms. The van der Waals surface area contributed by atoms with Crippen molar-refractivity contribution in [1.82, 2.24) is 20.9 Å². The molecule has 1 saturated heterocycles. The number of hydrogen-bond donors (Lipinski definition) is 3. The quantitative estimate of drug-likeness (QED) is 0.178. The average molecular weight is 551 g/mol. The maximum Gasteiger partial charge on any atom is 0.407 e. The molecule has 0 atom stereocenters. The number of carbonyl (C=O) groups excluding carboxylic acids is 1. The number of furan rings is 1. The molecule has 1 amide bonds. The molecule has 31 heavy (non-hydrogen) atoms. The Morgan fingerprint density at radius 2 is 1.87 bits per heavy atom. The van der Waals surface area contributed by atoms with E-state index in [4.69, 9.17) is 13.9 Å². The highest BCUT2D eigenvalue weighted by Gasteiger charge is 2.15. The minimum Gasteiger partial charge on any atom is -0.469 e. The first-order valence-electron chi connectivity index (χ1n) is 10.7. The normalized spacial score (nSPS) is 15.1. The summed E-state index contributed by atoms with van der Waals surface area (Å²) in [5.74, 6) is 1.66. The van der Waals surface area contributed by atoms with Crippen LogP contribution in [0, 0.1) is 0 Å². The topological polar surface area (TPSA) is 100 Å². The fraction of sp³-hybridized carbons (Fsp3) is 0.714. The lowest BCUT2D eigenvalue weighted by Gasteiger charge is -2.26. The zero-order valence-electron chi connectivity index (χ0n) is 18.9. The van der Waals surface area contributed by atoms with Crippen molar-refractivity contribution in [3.8, 4) is 0 Å². The zero-order valence-corrected chi connectivity index (χ0v) is 21.3. The summed E-state index contributed by atoms with van der Waals surface area (Å²) in [4.78, 5) is 18.8. The van der Waals surface area contributed by atoms with Crippen molar-refractivity contribution in [1.29, 1.82) is 0 Å². The molecule has 0 saturated carbocycles. The lowest BCUT2D eigenvalue weighted by Crippen LogP contribution is -2.43. The molecule has 1 aromatic rings. The summed E-state index contributed by atoms with van der Waals surface area (Å²) < 4.78 is 16.0. The van der Waals surface area contributed by atoms with Crippen LogP contribution in [0.25, 0.3) is 0 Å². The van der Waals surface area contributed by atoms with Crippen molar-refractivity contribution < 1.29 is 18.7 Å². The van der Waals surface area contributed by atoms with Gasteiger partial charge >= 0.3 is 6.09 Å². The Morgan fingerprint density at radius 3 is 2.55 bits per heavy atom. The third-order valence-corrected chi connectivity index (χ3v) is 4.34. The van der Waals surface area contributed by atoms with E-state index >= 15 is 0 Å². The van der Waals surface area contributed by atoms with Crippen LogP contribution in [0.3, 0.4) is 0 Å². The van der Waals surface area contributed by atoms with Crippen molar-refractivity contribution in [2.75, 3.05) is 59.0 Å². The first-order chi connectivity index (χ1) is 14.4. The van der Waals surface area contributed by atoms with E-state index in [0.717, 1.165) is 64.0 Å². The molecule has 9 nitrogen and oxygen atoms in total. The monoisotopic (exact) mass is 551 g/mol. The predicted octanol–water partition coefficient (Wildman–Crippen LogP) is 2.22. The second kappa shape index (κ2) is 15.3. The number of aliphatic imine (C=N–C) groups is 1. The van der Waals surface area contributed by atoms with Gasteiger partial charge in [0.25, 0.3) is 0 Å². The molecule has 2 rings (SSSR count). The van der Waals surface area contributed by atoms with Crippen molar-refractivity contribution in [3.05, 3.63) is 24.2 Å². The van der Waals surface area contributed by atoms with Crippen LogP contribution in [0.5, 0.6) is 0 Å². The number of amides is 1. The highest BCUT2D eigenvalue weighted by molar-refractivity contribution is 14.0. The van der Waals surface area contributed by atoms with E-state index in [-0.39, 0.29) is 24.0 Å². The van der Waals surface area contributed by atoms with Crippen LogP contribution in [0.2, 0.25) is 0 Å². The number of hydrogen-bond acceptors (Lipinski definition) is 6. The zero-order chi connectivity index (χ0) is 21.7. The third-order valence-electron chi connectivity index (χ3n) is 4.34. The first-order valence-corrected chi connectivity index (χ1v) is 10.7. The number of nitrogens with zero attached hydrogens (tertiary/aromatic N) is 2. The molecule has 0 aliphatic carbocycles. The van der Waals surface area contributed by atoms with Crippen molar-refractivity contribution in [3.63, 3.8) is 0 Å². The number of ether oxygens (including phenoxy) is 2. The molecule has 0 unspecified atom stereocenters. The van der Waals surface area contributed by atoms with Crippen LogP contribution in [-0.2, 0) is 15.9 Å². The summed E-state index contributed by atoms with van der Waals surface area (Å²) in [6, 6.07) is 3.84. The Balaban J connectivity index is 0.00000480. The van der Waals surface area contributed by atoms with Crippen LogP contribution in [0.4, 0.5) is 4.79 Å². The van der Waals surface area contributed by atoms with Crippen molar-refractivity contribution in [2.24, 2.45) is 4.99 Å². The first kappa shape index (κ1) is 27.5. The molecule has 1 aromatic heterocycles. The molecule has 178 valence electrons. The van der Waals surface area contributed by atoms with Gasteiger partial charge in [-0.05, 0) is 39.3 Å². The third kappa shape index (κ3) is 13.5. The summed E-state index contributed by atoms with van der Waals surface area (Å²) in [6.45, 7) is 12.6. The van der Waals surface area contributed by atoms with Gasteiger partial charge in [-0.1, -0.05) is 0 Å². The van der Waals surface area contributed by atoms with Crippen molar-refractivity contribution in [2.45, 2.75) is 39.2 Å². The fourth-order valence-electron chi connectivity index (χ4n) is 2.90. The molecule has 0 radical (unpaired) electrons. The highest BCUT2D eigenvalue weighted by atomic mass is 127. The Bertz CT molecular complexity index is 628. The van der Waals surface area contributed by atoms with Gasteiger partial charge in [0.15, 0.2) is 5.96 Å². The summed E-state index contributed by atoms with van der Waals surface area (Å²) >= 11 is 0. The average Bonchev–Trinajstić information content (AvgIpc) is 3.21. The molecule has 0 aromatic carbocycles. The van der Waals surface area contributed by atoms with Gasteiger partial charge < -0.3 is 29.8 Å². The van der Waals surface area contributed by atoms with Gasteiger partial charge in [0.2, 0.25) is 0 Å². The molecule has 1 aliphatic rings.